The average Bonchev–Trinajstić information content (AvgIpc) is 2.41. The zero-order valence-electron chi connectivity index (χ0n) is 10.1. The van der Waals surface area contributed by atoms with Crippen LogP contribution in [0, 0.1) is 0 Å². The van der Waals surface area contributed by atoms with E-state index in [1.165, 1.54) is 4.90 Å². The Hall–Kier alpha value is -0.430. The van der Waals surface area contributed by atoms with Gasteiger partial charge in [0.2, 0.25) is 5.91 Å². The van der Waals surface area contributed by atoms with E-state index in [9.17, 15) is 18.0 Å². The zero-order valence-corrected chi connectivity index (χ0v) is 10.9. The number of halogens is 3. The predicted octanol–water partition coefficient (Wildman–Crippen LogP) is 2.19. The SMILES string of the molecule is CCC1(C)NC(C)N(CCSC(F)(F)F)C1=O. The van der Waals surface area contributed by atoms with Crippen molar-refractivity contribution in [3.05, 3.63) is 0 Å². The average molecular weight is 270 g/mol. The lowest BCUT2D eigenvalue weighted by atomic mass is 9.99. The minimum Gasteiger partial charge on any atom is -0.325 e. The molecule has 0 aliphatic carbocycles. The molecule has 3 nitrogen and oxygen atoms in total. The lowest BCUT2D eigenvalue weighted by molar-refractivity contribution is -0.132. The molecular formula is C10H17F3N2OS. The number of hydrogen-bond donors (Lipinski definition) is 1. The molecule has 0 radical (unpaired) electrons. The van der Waals surface area contributed by atoms with Crippen LogP contribution in [0.3, 0.4) is 0 Å². The van der Waals surface area contributed by atoms with Crippen LogP contribution >= 0.6 is 11.8 Å². The molecule has 2 unspecified atom stereocenters. The molecule has 100 valence electrons. The van der Waals surface area contributed by atoms with Gasteiger partial charge >= 0.3 is 5.51 Å². The van der Waals surface area contributed by atoms with Gasteiger partial charge in [-0.2, -0.15) is 13.2 Å². The maximum absolute atomic E-state index is 12.0. The predicted molar refractivity (Wildman–Crippen MR) is 61.5 cm³/mol. The summed E-state index contributed by atoms with van der Waals surface area (Å²) >= 11 is -0.0894. The standard InChI is InChI=1S/C10H17F3N2OS/c1-4-9(3)8(16)15(7(2)14-9)5-6-17-10(11,12)13/h7,14H,4-6H2,1-3H3. The summed E-state index contributed by atoms with van der Waals surface area (Å²) in [6.45, 7) is 5.57. The van der Waals surface area contributed by atoms with Crippen LogP contribution in [0.4, 0.5) is 13.2 Å². The molecule has 0 aromatic heterocycles. The summed E-state index contributed by atoms with van der Waals surface area (Å²) in [5.74, 6) is -0.239. The Labute approximate surface area is 103 Å². The van der Waals surface area contributed by atoms with Gasteiger partial charge in [-0.1, -0.05) is 6.92 Å². The number of carbonyl (C=O) groups is 1. The second kappa shape index (κ2) is 5.06. The molecule has 1 aliphatic rings. The maximum Gasteiger partial charge on any atom is 0.441 e. The van der Waals surface area contributed by atoms with Gasteiger partial charge in [0.1, 0.15) is 0 Å². The van der Waals surface area contributed by atoms with Crippen molar-refractivity contribution in [3.63, 3.8) is 0 Å². The fourth-order valence-electron chi connectivity index (χ4n) is 1.90. The molecule has 7 heteroatoms. The molecule has 1 aliphatic heterocycles. The molecule has 1 saturated heterocycles. The van der Waals surface area contributed by atoms with Gasteiger partial charge in [-0.05, 0) is 32.0 Å². The smallest absolute Gasteiger partial charge is 0.325 e. The highest BCUT2D eigenvalue weighted by Gasteiger charge is 2.44. The summed E-state index contributed by atoms with van der Waals surface area (Å²) in [5, 5.41) is 3.11. The van der Waals surface area contributed by atoms with Gasteiger partial charge in [-0.15, -0.1) is 0 Å². The van der Waals surface area contributed by atoms with Gasteiger partial charge in [0.05, 0.1) is 11.7 Å². The van der Waals surface area contributed by atoms with Gasteiger partial charge in [0, 0.05) is 12.3 Å². The maximum atomic E-state index is 12.0. The van der Waals surface area contributed by atoms with Crippen molar-refractivity contribution < 1.29 is 18.0 Å². The summed E-state index contributed by atoms with van der Waals surface area (Å²) in [4.78, 5) is 13.5. The molecule has 0 aromatic rings. The molecule has 1 heterocycles. The second-order valence-corrected chi connectivity index (χ2v) is 5.46. The Balaban J connectivity index is 2.52. The number of rotatable bonds is 4. The molecular weight excluding hydrogens is 253 g/mol. The summed E-state index contributed by atoms with van der Waals surface area (Å²) in [6.07, 6.45) is 0.417. The monoisotopic (exact) mass is 270 g/mol. The fraction of sp³-hybridized carbons (Fsp3) is 0.900. The number of hydrogen-bond acceptors (Lipinski definition) is 3. The van der Waals surface area contributed by atoms with Gasteiger partial charge in [0.15, 0.2) is 0 Å². The van der Waals surface area contributed by atoms with E-state index in [1.807, 2.05) is 6.92 Å². The van der Waals surface area contributed by atoms with Crippen LogP contribution in [-0.2, 0) is 4.79 Å². The Morgan fingerprint density at radius 2 is 2.12 bits per heavy atom. The summed E-state index contributed by atoms with van der Waals surface area (Å²) in [5.41, 5.74) is -4.87. The first-order chi connectivity index (χ1) is 7.69. The number of thioether (sulfide) groups is 1. The molecule has 0 spiro atoms. The van der Waals surface area contributed by atoms with E-state index in [4.69, 9.17) is 0 Å². The highest BCUT2D eigenvalue weighted by Crippen LogP contribution is 2.31. The van der Waals surface area contributed by atoms with Crippen LogP contribution in [0.2, 0.25) is 0 Å². The van der Waals surface area contributed by atoms with E-state index >= 15 is 0 Å². The van der Waals surface area contributed by atoms with E-state index in [1.54, 1.807) is 13.8 Å². The van der Waals surface area contributed by atoms with Crippen molar-refractivity contribution >= 4 is 17.7 Å². The van der Waals surface area contributed by atoms with Crippen LogP contribution in [0.5, 0.6) is 0 Å². The number of nitrogens with zero attached hydrogens (tertiary/aromatic N) is 1. The third kappa shape index (κ3) is 3.51. The van der Waals surface area contributed by atoms with E-state index < -0.39 is 11.0 Å². The number of carbonyl (C=O) groups excluding carboxylic acids is 1. The molecule has 0 bridgehead atoms. The Morgan fingerprint density at radius 1 is 1.53 bits per heavy atom. The molecule has 1 amide bonds. The first-order valence-electron chi connectivity index (χ1n) is 5.49. The van der Waals surface area contributed by atoms with Crippen molar-refractivity contribution in [1.82, 2.24) is 10.2 Å². The quantitative estimate of drug-likeness (QED) is 0.850. The lowest BCUT2D eigenvalue weighted by Gasteiger charge is -2.21. The van der Waals surface area contributed by atoms with E-state index in [0.29, 0.717) is 6.42 Å². The third-order valence-electron chi connectivity index (χ3n) is 3.03. The van der Waals surface area contributed by atoms with Crippen molar-refractivity contribution in [2.75, 3.05) is 12.3 Å². The van der Waals surface area contributed by atoms with Crippen LogP contribution in [-0.4, -0.2) is 40.3 Å². The zero-order chi connectivity index (χ0) is 13.3. The molecule has 1 N–H and O–H groups in total. The molecule has 2 atom stereocenters. The van der Waals surface area contributed by atoms with Crippen LogP contribution in [0.1, 0.15) is 27.2 Å². The van der Waals surface area contributed by atoms with Crippen LogP contribution in [0.25, 0.3) is 0 Å². The van der Waals surface area contributed by atoms with Gasteiger partial charge in [-0.25, -0.2) is 0 Å². The van der Waals surface area contributed by atoms with E-state index in [2.05, 4.69) is 5.32 Å². The Morgan fingerprint density at radius 3 is 2.53 bits per heavy atom. The highest BCUT2D eigenvalue weighted by atomic mass is 32.2. The van der Waals surface area contributed by atoms with E-state index in [-0.39, 0.29) is 36.1 Å². The van der Waals surface area contributed by atoms with Crippen molar-refractivity contribution in [1.29, 1.82) is 0 Å². The van der Waals surface area contributed by atoms with Crippen molar-refractivity contribution in [2.45, 2.75) is 44.4 Å². The second-order valence-electron chi connectivity index (χ2n) is 4.30. The topological polar surface area (TPSA) is 32.3 Å². The lowest BCUT2D eigenvalue weighted by Crippen LogP contribution is -2.43. The van der Waals surface area contributed by atoms with Gasteiger partial charge in [-0.3, -0.25) is 10.1 Å². The fourth-order valence-corrected chi connectivity index (χ4v) is 2.42. The largest absolute Gasteiger partial charge is 0.441 e. The molecule has 1 rings (SSSR count). The van der Waals surface area contributed by atoms with Gasteiger partial charge < -0.3 is 4.90 Å². The molecule has 0 aromatic carbocycles. The number of alkyl halides is 3. The molecule has 17 heavy (non-hydrogen) atoms. The first kappa shape index (κ1) is 14.6. The third-order valence-corrected chi connectivity index (χ3v) is 3.75. The summed E-state index contributed by atoms with van der Waals surface area (Å²) in [6, 6.07) is 0. The van der Waals surface area contributed by atoms with E-state index in [0.717, 1.165) is 0 Å². The van der Waals surface area contributed by atoms with Crippen LogP contribution < -0.4 is 5.32 Å². The van der Waals surface area contributed by atoms with Crippen LogP contribution in [0.15, 0.2) is 0 Å². The first-order valence-corrected chi connectivity index (χ1v) is 6.47. The van der Waals surface area contributed by atoms with Crippen molar-refractivity contribution in [2.24, 2.45) is 0 Å². The normalized spacial score (nSPS) is 30.1. The molecule has 0 saturated carbocycles. The minimum atomic E-state index is -4.23. The number of amides is 1. The molecule has 1 fully saturated rings. The Kier molecular flexibility index (Phi) is 4.35. The van der Waals surface area contributed by atoms with Crippen molar-refractivity contribution in [3.8, 4) is 0 Å². The Bertz CT molecular complexity index is 298. The van der Waals surface area contributed by atoms with Gasteiger partial charge in [0.25, 0.3) is 0 Å². The minimum absolute atomic E-state index is 0.0894. The number of nitrogens with one attached hydrogen (secondary N) is 1. The summed E-state index contributed by atoms with van der Waals surface area (Å²) in [7, 11) is 0. The summed E-state index contributed by atoms with van der Waals surface area (Å²) < 4.78 is 36.0. The highest BCUT2D eigenvalue weighted by molar-refractivity contribution is 8.00.